The Hall–Kier alpha value is -1.57. The van der Waals surface area contributed by atoms with Gasteiger partial charge in [0.2, 0.25) is 0 Å². The van der Waals surface area contributed by atoms with Crippen LogP contribution in [0.2, 0.25) is 0 Å². The summed E-state index contributed by atoms with van der Waals surface area (Å²) in [7, 11) is 0. The summed E-state index contributed by atoms with van der Waals surface area (Å²) in [6.45, 7) is 10.0. The Kier molecular flexibility index (Phi) is 9.82. The van der Waals surface area contributed by atoms with Gasteiger partial charge in [0.25, 0.3) is 0 Å². The standard InChI is InChI=1S/C22H38N4O3/c1-2-23-22(24-10-7-13-27-17-19-9-15-28-18-19)25-16-20(21-8-6-14-29-21)26-11-4-3-5-12-26/h6,8,14,19-20H,2-5,7,9-13,15-18H2,1H3,(H2,23,24,25). The zero-order valence-corrected chi connectivity index (χ0v) is 17.9. The second-order valence-corrected chi connectivity index (χ2v) is 7.93. The molecule has 2 unspecified atom stereocenters. The second-order valence-electron chi connectivity index (χ2n) is 7.93. The summed E-state index contributed by atoms with van der Waals surface area (Å²) < 4.78 is 16.9. The molecule has 0 amide bonds. The molecular formula is C22H38N4O3. The molecule has 0 aliphatic carbocycles. The lowest BCUT2D eigenvalue weighted by atomic mass is 10.1. The van der Waals surface area contributed by atoms with Crippen LogP contribution in [0.3, 0.4) is 0 Å². The SMILES string of the molecule is CCNC(=NCC(c1ccco1)N1CCCCC1)NCCCOCC1CCOC1. The molecule has 0 radical (unpaired) electrons. The molecule has 7 nitrogen and oxygen atoms in total. The van der Waals surface area contributed by atoms with Crippen molar-refractivity contribution in [1.29, 1.82) is 0 Å². The number of hydrogen-bond donors (Lipinski definition) is 2. The van der Waals surface area contributed by atoms with E-state index in [1.165, 1.54) is 19.3 Å². The summed E-state index contributed by atoms with van der Waals surface area (Å²) in [4.78, 5) is 7.37. The van der Waals surface area contributed by atoms with E-state index in [1.54, 1.807) is 6.26 Å². The molecule has 29 heavy (non-hydrogen) atoms. The molecule has 1 aromatic heterocycles. The third kappa shape index (κ3) is 7.64. The Labute approximate surface area is 175 Å². The molecule has 3 rings (SSSR count). The van der Waals surface area contributed by atoms with Crippen LogP contribution >= 0.6 is 0 Å². The van der Waals surface area contributed by atoms with E-state index in [9.17, 15) is 0 Å². The quantitative estimate of drug-likeness (QED) is 0.335. The van der Waals surface area contributed by atoms with E-state index in [4.69, 9.17) is 18.9 Å². The number of furan rings is 1. The Morgan fingerprint density at radius 2 is 2.21 bits per heavy atom. The molecule has 3 heterocycles. The summed E-state index contributed by atoms with van der Waals surface area (Å²) in [6.07, 6.45) is 7.69. The molecule has 2 aliphatic rings. The monoisotopic (exact) mass is 406 g/mol. The molecule has 0 spiro atoms. The van der Waals surface area contributed by atoms with Gasteiger partial charge in [-0.05, 0) is 57.8 Å². The van der Waals surface area contributed by atoms with Crippen molar-refractivity contribution >= 4 is 5.96 Å². The fourth-order valence-corrected chi connectivity index (χ4v) is 3.96. The van der Waals surface area contributed by atoms with Crippen molar-refractivity contribution in [2.45, 2.75) is 45.1 Å². The molecule has 2 N–H and O–H groups in total. The number of nitrogens with one attached hydrogen (secondary N) is 2. The van der Waals surface area contributed by atoms with Crippen molar-refractivity contribution in [2.24, 2.45) is 10.9 Å². The molecule has 1 aromatic rings. The summed E-state index contributed by atoms with van der Waals surface area (Å²) in [5.74, 6) is 2.45. The highest BCUT2D eigenvalue weighted by molar-refractivity contribution is 5.79. The summed E-state index contributed by atoms with van der Waals surface area (Å²) in [6, 6.07) is 4.25. The Morgan fingerprint density at radius 3 is 2.93 bits per heavy atom. The number of rotatable bonds is 11. The van der Waals surface area contributed by atoms with E-state index in [0.717, 1.165) is 77.2 Å². The molecule has 2 aliphatic heterocycles. The average molecular weight is 407 g/mol. The van der Waals surface area contributed by atoms with Crippen LogP contribution in [0.5, 0.6) is 0 Å². The topological polar surface area (TPSA) is 71.3 Å². The van der Waals surface area contributed by atoms with Crippen molar-refractivity contribution in [3.05, 3.63) is 24.2 Å². The second kappa shape index (κ2) is 12.9. The summed E-state index contributed by atoms with van der Waals surface area (Å²) in [5.41, 5.74) is 0. The number of guanidine groups is 1. The summed E-state index contributed by atoms with van der Waals surface area (Å²) >= 11 is 0. The number of piperidine rings is 1. The van der Waals surface area contributed by atoms with Gasteiger partial charge in [0.05, 0.1) is 32.1 Å². The van der Waals surface area contributed by atoms with Gasteiger partial charge in [0.1, 0.15) is 5.76 Å². The van der Waals surface area contributed by atoms with Crippen molar-refractivity contribution in [3.63, 3.8) is 0 Å². The molecule has 2 atom stereocenters. The highest BCUT2D eigenvalue weighted by Crippen LogP contribution is 2.25. The summed E-state index contributed by atoms with van der Waals surface area (Å²) in [5, 5.41) is 6.79. The van der Waals surface area contributed by atoms with Gasteiger partial charge in [-0.3, -0.25) is 9.89 Å². The lowest BCUT2D eigenvalue weighted by Crippen LogP contribution is -2.40. The third-order valence-electron chi connectivity index (χ3n) is 5.61. The Balaban J connectivity index is 1.43. The average Bonchev–Trinajstić information content (AvgIpc) is 3.46. The minimum atomic E-state index is 0.206. The van der Waals surface area contributed by atoms with E-state index >= 15 is 0 Å². The number of nitrogens with zero attached hydrogens (tertiary/aromatic N) is 2. The van der Waals surface area contributed by atoms with Crippen molar-refractivity contribution in [3.8, 4) is 0 Å². The van der Waals surface area contributed by atoms with Gasteiger partial charge in [0.15, 0.2) is 5.96 Å². The normalized spacial score (nSPS) is 22.0. The first kappa shape index (κ1) is 22.1. The van der Waals surface area contributed by atoms with Gasteiger partial charge in [-0.2, -0.15) is 0 Å². The van der Waals surface area contributed by atoms with Crippen LogP contribution in [0, 0.1) is 5.92 Å². The fourth-order valence-electron chi connectivity index (χ4n) is 3.96. The molecular weight excluding hydrogens is 368 g/mol. The van der Waals surface area contributed by atoms with Gasteiger partial charge < -0.3 is 24.5 Å². The third-order valence-corrected chi connectivity index (χ3v) is 5.61. The minimum Gasteiger partial charge on any atom is -0.468 e. The molecule has 0 aromatic carbocycles. The molecule has 2 saturated heterocycles. The molecule has 2 fully saturated rings. The lowest BCUT2D eigenvalue weighted by molar-refractivity contribution is 0.0888. The van der Waals surface area contributed by atoms with Crippen molar-refractivity contribution in [1.82, 2.24) is 15.5 Å². The van der Waals surface area contributed by atoms with Gasteiger partial charge in [-0.15, -0.1) is 0 Å². The minimum absolute atomic E-state index is 0.206. The van der Waals surface area contributed by atoms with Gasteiger partial charge in [-0.25, -0.2) is 0 Å². The Bertz CT molecular complexity index is 567. The molecule has 0 bridgehead atoms. The van der Waals surface area contributed by atoms with Crippen molar-refractivity contribution < 1.29 is 13.9 Å². The van der Waals surface area contributed by atoms with Gasteiger partial charge >= 0.3 is 0 Å². The lowest BCUT2D eigenvalue weighted by Gasteiger charge is -2.32. The first-order chi connectivity index (χ1) is 14.4. The predicted octanol–water partition coefficient (Wildman–Crippen LogP) is 2.80. The molecule has 0 saturated carbocycles. The number of aliphatic imine (C=N–C) groups is 1. The van der Waals surface area contributed by atoms with Crippen LogP contribution < -0.4 is 10.6 Å². The van der Waals surface area contributed by atoms with E-state index in [0.29, 0.717) is 12.5 Å². The Morgan fingerprint density at radius 1 is 1.31 bits per heavy atom. The van der Waals surface area contributed by atoms with Crippen LogP contribution in [0.1, 0.15) is 50.8 Å². The largest absolute Gasteiger partial charge is 0.468 e. The van der Waals surface area contributed by atoms with Crippen LogP contribution in [0.4, 0.5) is 0 Å². The smallest absolute Gasteiger partial charge is 0.191 e. The van der Waals surface area contributed by atoms with Crippen LogP contribution in [-0.2, 0) is 9.47 Å². The first-order valence-electron chi connectivity index (χ1n) is 11.3. The van der Waals surface area contributed by atoms with Crippen LogP contribution in [0.25, 0.3) is 0 Å². The van der Waals surface area contributed by atoms with E-state index < -0.39 is 0 Å². The molecule has 7 heteroatoms. The van der Waals surface area contributed by atoms with Gasteiger partial charge in [0, 0.05) is 32.2 Å². The maximum absolute atomic E-state index is 5.79. The highest BCUT2D eigenvalue weighted by Gasteiger charge is 2.24. The van der Waals surface area contributed by atoms with Crippen LogP contribution in [-0.4, -0.2) is 70.0 Å². The maximum atomic E-state index is 5.79. The van der Waals surface area contributed by atoms with Crippen molar-refractivity contribution in [2.75, 3.05) is 59.2 Å². The highest BCUT2D eigenvalue weighted by atomic mass is 16.5. The van der Waals surface area contributed by atoms with E-state index in [-0.39, 0.29) is 6.04 Å². The van der Waals surface area contributed by atoms with Crippen LogP contribution in [0.15, 0.2) is 27.8 Å². The molecule has 164 valence electrons. The number of hydrogen-bond acceptors (Lipinski definition) is 5. The zero-order chi connectivity index (χ0) is 20.2. The first-order valence-corrected chi connectivity index (χ1v) is 11.3. The number of likely N-dealkylation sites (tertiary alicyclic amines) is 1. The fraction of sp³-hybridized carbons (Fsp3) is 0.773. The predicted molar refractivity (Wildman–Crippen MR) is 115 cm³/mol. The van der Waals surface area contributed by atoms with Gasteiger partial charge in [-0.1, -0.05) is 6.42 Å². The van der Waals surface area contributed by atoms with E-state index in [2.05, 4.69) is 28.5 Å². The zero-order valence-electron chi connectivity index (χ0n) is 17.9. The number of ether oxygens (including phenoxy) is 2. The van der Waals surface area contributed by atoms with E-state index in [1.807, 2.05) is 6.07 Å². The maximum Gasteiger partial charge on any atom is 0.191 e.